The van der Waals surface area contributed by atoms with Gasteiger partial charge in [-0.25, -0.2) is 0 Å². The fourth-order valence-electron chi connectivity index (χ4n) is 4.08. The zero-order valence-electron chi connectivity index (χ0n) is 16.9. The fourth-order valence-corrected chi connectivity index (χ4v) is 4.08. The Kier molecular flexibility index (Phi) is 6.04. The van der Waals surface area contributed by atoms with Crippen LogP contribution in [0.1, 0.15) is 37.7 Å². The SMILES string of the molecule is Cc1c(OCC(=O)NC2CCCCC2)ccc2c(=O)cc(N3CCOCC3)oc12. The summed E-state index contributed by atoms with van der Waals surface area (Å²) in [5, 5.41) is 3.56. The second kappa shape index (κ2) is 8.86. The monoisotopic (exact) mass is 400 g/mol. The summed E-state index contributed by atoms with van der Waals surface area (Å²) in [7, 11) is 0. The van der Waals surface area contributed by atoms with Gasteiger partial charge >= 0.3 is 0 Å². The maximum atomic E-state index is 12.6. The van der Waals surface area contributed by atoms with Crippen LogP contribution < -0.4 is 20.4 Å². The average molecular weight is 400 g/mol. The van der Waals surface area contributed by atoms with Gasteiger partial charge in [-0.1, -0.05) is 19.3 Å². The zero-order valence-corrected chi connectivity index (χ0v) is 16.9. The molecule has 4 rings (SSSR count). The number of carbonyl (C=O) groups is 1. The third-order valence-corrected chi connectivity index (χ3v) is 5.73. The number of anilines is 1. The standard InChI is InChI=1S/C22H28N2O5/c1-15-19(28-14-20(26)23-16-5-3-2-4-6-16)8-7-17-18(25)13-21(29-22(15)17)24-9-11-27-12-10-24/h7-8,13,16H,2-6,9-12,14H2,1H3,(H,23,26). The smallest absolute Gasteiger partial charge is 0.258 e. The Morgan fingerprint density at radius 3 is 2.72 bits per heavy atom. The lowest BCUT2D eigenvalue weighted by Gasteiger charge is -2.27. The van der Waals surface area contributed by atoms with Crippen molar-refractivity contribution in [2.45, 2.75) is 45.1 Å². The average Bonchev–Trinajstić information content (AvgIpc) is 2.75. The van der Waals surface area contributed by atoms with Crippen molar-refractivity contribution in [2.75, 3.05) is 37.8 Å². The summed E-state index contributed by atoms with van der Waals surface area (Å²) in [5.74, 6) is 0.986. The van der Waals surface area contributed by atoms with Crippen LogP contribution in [-0.4, -0.2) is 44.9 Å². The first kappa shape index (κ1) is 19.8. The molecule has 7 nitrogen and oxygen atoms in total. The van der Waals surface area contributed by atoms with E-state index in [9.17, 15) is 9.59 Å². The highest BCUT2D eigenvalue weighted by molar-refractivity contribution is 5.83. The highest BCUT2D eigenvalue weighted by Gasteiger charge is 2.19. The van der Waals surface area contributed by atoms with Gasteiger partial charge in [0, 0.05) is 30.8 Å². The quantitative estimate of drug-likeness (QED) is 0.831. The Labute approximate surface area is 170 Å². The summed E-state index contributed by atoms with van der Waals surface area (Å²) in [6.45, 7) is 4.40. The van der Waals surface area contributed by atoms with Crippen LogP contribution in [0.2, 0.25) is 0 Å². The molecule has 1 saturated carbocycles. The first-order valence-corrected chi connectivity index (χ1v) is 10.4. The van der Waals surface area contributed by atoms with E-state index in [2.05, 4.69) is 5.32 Å². The molecule has 1 aliphatic carbocycles. The molecule has 0 unspecified atom stereocenters. The second-order valence-electron chi connectivity index (χ2n) is 7.80. The molecule has 2 aromatic rings. The molecule has 1 amide bonds. The molecule has 29 heavy (non-hydrogen) atoms. The lowest BCUT2D eigenvalue weighted by Crippen LogP contribution is -2.39. The molecule has 2 heterocycles. The molecule has 0 spiro atoms. The van der Waals surface area contributed by atoms with E-state index in [0.717, 1.165) is 18.4 Å². The van der Waals surface area contributed by atoms with E-state index in [1.165, 1.54) is 25.3 Å². The van der Waals surface area contributed by atoms with Gasteiger partial charge in [-0.3, -0.25) is 9.59 Å². The second-order valence-corrected chi connectivity index (χ2v) is 7.80. The lowest BCUT2D eigenvalue weighted by molar-refractivity contribution is -0.124. The minimum atomic E-state index is -0.111. The Morgan fingerprint density at radius 2 is 1.97 bits per heavy atom. The molecule has 7 heteroatoms. The van der Waals surface area contributed by atoms with Crippen molar-refractivity contribution in [2.24, 2.45) is 0 Å². The van der Waals surface area contributed by atoms with E-state index < -0.39 is 0 Å². The molecule has 2 fully saturated rings. The number of nitrogens with zero attached hydrogens (tertiary/aromatic N) is 1. The van der Waals surface area contributed by atoms with Gasteiger partial charge in [0.25, 0.3) is 5.91 Å². The molecular weight excluding hydrogens is 372 g/mol. The third-order valence-electron chi connectivity index (χ3n) is 5.73. The van der Waals surface area contributed by atoms with Crippen molar-refractivity contribution in [3.8, 4) is 5.75 Å². The van der Waals surface area contributed by atoms with Gasteiger partial charge in [0.2, 0.25) is 0 Å². The van der Waals surface area contributed by atoms with Crippen LogP contribution in [0.15, 0.2) is 27.4 Å². The van der Waals surface area contributed by atoms with Crippen LogP contribution in [-0.2, 0) is 9.53 Å². The number of hydrogen-bond acceptors (Lipinski definition) is 6. The largest absolute Gasteiger partial charge is 0.483 e. The molecule has 0 bridgehead atoms. The molecule has 1 saturated heterocycles. The summed E-state index contributed by atoms with van der Waals surface area (Å²) in [4.78, 5) is 26.8. The topological polar surface area (TPSA) is 81.0 Å². The minimum Gasteiger partial charge on any atom is -0.483 e. The number of rotatable bonds is 5. The first-order valence-electron chi connectivity index (χ1n) is 10.4. The maximum Gasteiger partial charge on any atom is 0.258 e. The van der Waals surface area contributed by atoms with Gasteiger partial charge in [-0.2, -0.15) is 0 Å². The van der Waals surface area contributed by atoms with Crippen molar-refractivity contribution in [3.63, 3.8) is 0 Å². The Balaban J connectivity index is 1.50. The normalized spacial score (nSPS) is 18.0. The Bertz CT molecular complexity index is 927. The summed E-state index contributed by atoms with van der Waals surface area (Å²) < 4.78 is 17.2. The van der Waals surface area contributed by atoms with E-state index in [1.54, 1.807) is 12.1 Å². The number of fused-ring (bicyclic) bond motifs is 1. The highest BCUT2D eigenvalue weighted by Crippen LogP contribution is 2.29. The molecule has 2 aliphatic rings. The van der Waals surface area contributed by atoms with Crippen LogP contribution in [0, 0.1) is 6.92 Å². The van der Waals surface area contributed by atoms with Crippen LogP contribution in [0.25, 0.3) is 11.0 Å². The molecule has 1 aromatic heterocycles. The van der Waals surface area contributed by atoms with Crippen molar-refractivity contribution in [1.29, 1.82) is 0 Å². The van der Waals surface area contributed by atoms with E-state index in [1.807, 2.05) is 11.8 Å². The number of aryl methyl sites for hydroxylation is 1. The summed E-state index contributed by atoms with van der Waals surface area (Å²) in [6, 6.07) is 5.22. The van der Waals surface area contributed by atoms with E-state index in [-0.39, 0.29) is 24.0 Å². The van der Waals surface area contributed by atoms with Gasteiger partial charge in [-0.05, 0) is 31.9 Å². The van der Waals surface area contributed by atoms with Crippen LogP contribution >= 0.6 is 0 Å². The number of benzene rings is 1. The van der Waals surface area contributed by atoms with Gasteiger partial charge in [0.15, 0.2) is 17.9 Å². The van der Waals surface area contributed by atoms with Gasteiger partial charge in [0.1, 0.15) is 11.3 Å². The zero-order chi connectivity index (χ0) is 20.2. The number of amides is 1. The lowest BCUT2D eigenvalue weighted by atomic mass is 9.95. The molecule has 1 aliphatic heterocycles. The molecule has 156 valence electrons. The highest BCUT2D eigenvalue weighted by atomic mass is 16.5. The maximum absolute atomic E-state index is 12.6. The number of ether oxygens (including phenoxy) is 2. The summed E-state index contributed by atoms with van der Waals surface area (Å²) in [5.41, 5.74) is 1.14. The van der Waals surface area contributed by atoms with Gasteiger partial charge in [-0.15, -0.1) is 0 Å². The predicted molar refractivity (Wildman–Crippen MR) is 111 cm³/mol. The number of carbonyl (C=O) groups excluding carboxylic acids is 1. The number of hydrogen-bond donors (Lipinski definition) is 1. The van der Waals surface area contributed by atoms with Gasteiger partial charge < -0.3 is 24.1 Å². The molecule has 0 atom stereocenters. The summed E-state index contributed by atoms with van der Waals surface area (Å²) >= 11 is 0. The number of nitrogens with one attached hydrogen (secondary N) is 1. The van der Waals surface area contributed by atoms with Crippen molar-refractivity contribution >= 4 is 22.8 Å². The van der Waals surface area contributed by atoms with Crippen LogP contribution in [0.5, 0.6) is 5.75 Å². The van der Waals surface area contributed by atoms with E-state index in [0.29, 0.717) is 48.9 Å². The number of morpholine rings is 1. The predicted octanol–water partition coefficient (Wildman–Crippen LogP) is 2.77. The van der Waals surface area contributed by atoms with Crippen molar-refractivity contribution in [3.05, 3.63) is 34.0 Å². The van der Waals surface area contributed by atoms with Crippen LogP contribution in [0.4, 0.5) is 5.88 Å². The van der Waals surface area contributed by atoms with Crippen LogP contribution in [0.3, 0.4) is 0 Å². The third kappa shape index (κ3) is 4.56. The van der Waals surface area contributed by atoms with Crippen molar-refractivity contribution < 1.29 is 18.7 Å². The Hall–Kier alpha value is -2.54. The molecule has 0 radical (unpaired) electrons. The molecule has 1 aromatic carbocycles. The first-order chi connectivity index (χ1) is 14.1. The van der Waals surface area contributed by atoms with Gasteiger partial charge in [0.05, 0.1) is 18.6 Å². The fraction of sp³-hybridized carbons (Fsp3) is 0.545. The summed E-state index contributed by atoms with van der Waals surface area (Å²) in [6.07, 6.45) is 5.66. The Morgan fingerprint density at radius 1 is 1.21 bits per heavy atom. The van der Waals surface area contributed by atoms with E-state index in [4.69, 9.17) is 13.9 Å². The minimum absolute atomic E-state index is 0.0454. The molecular formula is C22H28N2O5. The van der Waals surface area contributed by atoms with E-state index >= 15 is 0 Å². The molecule has 1 N–H and O–H groups in total. The van der Waals surface area contributed by atoms with Crippen molar-refractivity contribution in [1.82, 2.24) is 5.32 Å².